The second-order valence-corrected chi connectivity index (χ2v) is 2.76. The first kappa shape index (κ1) is 11.1. The van der Waals surface area contributed by atoms with Crippen LogP contribution in [0.25, 0.3) is 6.08 Å². The number of carbonyl (C=O) groups excluding carboxylic acids is 1. The monoisotopic (exact) mass is 207 g/mol. The van der Waals surface area contributed by atoms with Crippen molar-refractivity contribution in [2.75, 3.05) is 14.2 Å². The minimum absolute atomic E-state index is 0.577. The molecule has 4 nitrogen and oxygen atoms in total. The lowest BCUT2D eigenvalue weighted by Gasteiger charge is -2.07. The van der Waals surface area contributed by atoms with Gasteiger partial charge in [0.15, 0.2) is 0 Å². The Hall–Kier alpha value is -1.97. The van der Waals surface area contributed by atoms with E-state index >= 15 is 0 Å². The van der Waals surface area contributed by atoms with Crippen LogP contribution in [0, 0.1) is 0 Å². The number of carbonyl (C=O) groups is 1. The van der Waals surface area contributed by atoms with Crippen molar-refractivity contribution in [3.63, 3.8) is 0 Å². The van der Waals surface area contributed by atoms with Crippen molar-refractivity contribution < 1.29 is 19.4 Å². The van der Waals surface area contributed by atoms with Crippen molar-refractivity contribution in [3.8, 4) is 11.5 Å². The molecule has 0 aliphatic rings. The third-order valence-corrected chi connectivity index (χ3v) is 1.84. The Kier molecular flexibility index (Phi) is 3.74. The van der Waals surface area contributed by atoms with E-state index in [0.29, 0.717) is 17.1 Å². The number of benzene rings is 1. The van der Waals surface area contributed by atoms with E-state index in [2.05, 4.69) is 0 Å². The third-order valence-electron chi connectivity index (χ3n) is 1.84. The lowest BCUT2D eigenvalue weighted by Crippen LogP contribution is -2.18. The average molecular weight is 207 g/mol. The molecule has 0 saturated heterocycles. The quantitative estimate of drug-likeness (QED) is 0.673. The van der Waals surface area contributed by atoms with Gasteiger partial charge in [0.05, 0.1) is 20.2 Å². The molecule has 1 aromatic rings. The Morgan fingerprint density at radius 1 is 1.33 bits per heavy atom. The molecule has 0 aliphatic carbocycles. The maximum absolute atomic E-state index is 10.3. The zero-order valence-electron chi connectivity index (χ0n) is 8.52. The van der Waals surface area contributed by atoms with E-state index in [-0.39, 0.29) is 0 Å². The van der Waals surface area contributed by atoms with Crippen molar-refractivity contribution in [2.24, 2.45) is 0 Å². The lowest BCUT2D eigenvalue weighted by molar-refractivity contribution is -0.297. The number of carboxylic acids is 1. The second kappa shape index (κ2) is 5.05. The number of methoxy groups -OCH3 is 2. The highest BCUT2D eigenvalue weighted by molar-refractivity contribution is 5.84. The number of hydrogen-bond donors (Lipinski definition) is 0. The fourth-order valence-corrected chi connectivity index (χ4v) is 1.13. The molecule has 1 rings (SSSR count). The number of hydrogen-bond acceptors (Lipinski definition) is 4. The van der Waals surface area contributed by atoms with Crippen molar-refractivity contribution in [3.05, 3.63) is 29.8 Å². The standard InChI is InChI=1S/C11H12O4/c1-14-9-4-5-10(15-2)8(7-9)3-6-11(12)13/h3-7H,1-2H3,(H,12,13)/p-1. The second-order valence-electron chi connectivity index (χ2n) is 2.76. The maximum Gasteiger partial charge on any atom is 0.126 e. The van der Waals surface area contributed by atoms with Gasteiger partial charge in [0, 0.05) is 5.56 Å². The molecule has 0 bridgehead atoms. The lowest BCUT2D eigenvalue weighted by atomic mass is 10.1. The highest BCUT2D eigenvalue weighted by Gasteiger charge is 2.01. The summed E-state index contributed by atoms with van der Waals surface area (Å²) in [6, 6.07) is 5.11. The van der Waals surface area contributed by atoms with E-state index in [1.165, 1.54) is 20.3 Å². The van der Waals surface area contributed by atoms with E-state index in [1.807, 2.05) is 0 Å². The SMILES string of the molecule is COc1ccc(OC)c(C=CC(=O)[O-])c1. The number of rotatable bonds is 4. The molecule has 0 spiro atoms. The summed E-state index contributed by atoms with van der Waals surface area (Å²) in [5, 5.41) is 10.3. The highest BCUT2D eigenvalue weighted by atomic mass is 16.5. The van der Waals surface area contributed by atoms with Crippen LogP contribution in [-0.4, -0.2) is 20.2 Å². The molecule has 4 heteroatoms. The van der Waals surface area contributed by atoms with Gasteiger partial charge in [-0.1, -0.05) is 0 Å². The van der Waals surface area contributed by atoms with Crippen LogP contribution in [-0.2, 0) is 4.79 Å². The van der Waals surface area contributed by atoms with Crippen LogP contribution in [0.2, 0.25) is 0 Å². The maximum atomic E-state index is 10.3. The molecule has 15 heavy (non-hydrogen) atoms. The van der Waals surface area contributed by atoms with Gasteiger partial charge in [0.25, 0.3) is 0 Å². The molecular weight excluding hydrogens is 196 g/mol. The van der Waals surface area contributed by atoms with Crippen molar-refractivity contribution in [1.82, 2.24) is 0 Å². The van der Waals surface area contributed by atoms with Gasteiger partial charge in [-0.25, -0.2) is 0 Å². The fourth-order valence-electron chi connectivity index (χ4n) is 1.13. The molecule has 80 valence electrons. The first-order valence-electron chi connectivity index (χ1n) is 4.28. The van der Waals surface area contributed by atoms with Crippen LogP contribution in [0.1, 0.15) is 5.56 Å². The molecule has 0 radical (unpaired) electrons. The average Bonchev–Trinajstić information content (AvgIpc) is 2.25. The zero-order chi connectivity index (χ0) is 11.3. The minimum atomic E-state index is -1.25. The molecule has 0 atom stereocenters. The van der Waals surface area contributed by atoms with Crippen molar-refractivity contribution in [2.45, 2.75) is 0 Å². The first-order valence-corrected chi connectivity index (χ1v) is 4.28. The van der Waals surface area contributed by atoms with Crippen LogP contribution < -0.4 is 14.6 Å². The molecule has 0 unspecified atom stereocenters. The summed E-state index contributed by atoms with van der Waals surface area (Å²) in [7, 11) is 3.05. The Balaban J connectivity index is 3.06. The normalized spacial score (nSPS) is 10.3. The predicted octanol–water partition coefficient (Wildman–Crippen LogP) is 0.467. The van der Waals surface area contributed by atoms with Gasteiger partial charge in [-0.3, -0.25) is 0 Å². The van der Waals surface area contributed by atoms with Crippen molar-refractivity contribution >= 4 is 12.0 Å². The van der Waals surface area contributed by atoms with Gasteiger partial charge in [-0.2, -0.15) is 0 Å². The largest absolute Gasteiger partial charge is 0.545 e. The molecule has 0 amide bonds. The zero-order valence-corrected chi connectivity index (χ0v) is 8.52. The topological polar surface area (TPSA) is 58.6 Å². The van der Waals surface area contributed by atoms with E-state index in [9.17, 15) is 9.90 Å². The molecule has 0 aromatic heterocycles. The Bertz CT molecular complexity index is 382. The summed E-state index contributed by atoms with van der Waals surface area (Å²) in [6.07, 6.45) is 2.34. The van der Waals surface area contributed by atoms with Crippen molar-refractivity contribution in [1.29, 1.82) is 0 Å². The summed E-state index contributed by atoms with van der Waals surface area (Å²) in [4.78, 5) is 10.3. The van der Waals surface area contributed by atoms with Gasteiger partial charge in [-0.05, 0) is 30.4 Å². The molecular formula is C11H11O4-. The van der Waals surface area contributed by atoms with Crippen LogP contribution >= 0.6 is 0 Å². The molecule has 0 N–H and O–H groups in total. The van der Waals surface area contributed by atoms with Gasteiger partial charge in [0.1, 0.15) is 11.5 Å². The molecule has 0 fully saturated rings. The van der Waals surface area contributed by atoms with E-state index < -0.39 is 5.97 Å². The van der Waals surface area contributed by atoms with Gasteiger partial charge in [0.2, 0.25) is 0 Å². The van der Waals surface area contributed by atoms with E-state index in [4.69, 9.17) is 9.47 Å². The third kappa shape index (κ3) is 3.02. The Morgan fingerprint density at radius 2 is 2.07 bits per heavy atom. The summed E-state index contributed by atoms with van der Waals surface area (Å²) >= 11 is 0. The Labute approximate surface area is 87.7 Å². The fraction of sp³-hybridized carbons (Fsp3) is 0.182. The molecule has 1 aromatic carbocycles. The summed E-state index contributed by atoms with van der Waals surface area (Å²) in [5.41, 5.74) is 0.626. The van der Waals surface area contributed by atoms with Crippen LogP contribution in [0.3, 0.4) is 0 Å². The van der Waals surface area contributed by atoms with Crippen LogP contribution in [0.15, 0.2) is 24.3 Å². The number of aliphatic carboxylic acids is 1. The van der Waals surface area contributed by atoms with Crippen LogP contribution in [0.4, 0.5) is 0 Å². The minimum Gasteiger partial charge on any atom is -0.545 e. The summed E-state index contributed by atoms with van der Waals surface area (Å²) < 4.78 is 10.1. The first-order chi connectivity index (χ1) is 7.17. The smallest absolute Gasteiger partial charge is 0.126 e. The van der Waals surface area contributed by atoms with E-state index in [0.717, 1.165) is 6.08 Å². The number of carboxylic acid groups (broad SMARTS) is 1. The summed E-state index contributed by atoms with van der Waals surface area (Å²) in [6.45, 7) is 0. The molecule has 0 aliphatic heterocycles. The van der Waals surface area contributed by atoms with Gasteiger partial charge < -0.3 is 19.4 Å². The Morgan fingerprint density at radius 3 is 2.60 bits per heavy atom. The predicted molar refractivity (Wildman–Crippen MR) is 53.6 cm³/mol. The molecule has 0 heterocycles. The number of ether oxygens (including phenoxy) is 2. The summed E-state index contributed by atoms with van der Waals surface area (Å²) in [5.74, 6) is -0.0398. The van der Waals surface area contributed by atoms with Crippen LogP contribution in [0.5, 0.6) is 11.5 Å². The van der Waals surface area contributed by atoms with E-state index in [1.54, 1.807) is 18.2 Å². The highest BCUT2D eigenvalue weighted by Crippen LogP contribution is 2.24. The molecule has 0 saturated carbocycles. The van der Waals surface area contributed by atoms with Gasteiger partial charge >= 0.3 is 0 Å². The van der Waals surface area contributed by atoms with Gasteiger partial charge in [-0.15, -0.1) is 0 Å².